The van der Waals surface area contributed by atoms with Crippen LogP contribution in [0, 0.1) is 15.9 Å². The molecule has 0 fully saturated rings. The number of nitrogens with zero attached hydrogens (tertiary/aromatic N) is 1. The second-order valence-electron chi connectivity index (χ2n) is 4.32. The zero-order chi connectivity index (χ0) is 15.3. The number of hydrogen-bond acceptors (Lipinski definition) is 5. The van der Waals surface area contributed by atoms with E-state index < -0.39 is 28.0 Å². The van der Waals surface area contributed by atoms with Crippen molar-refractivity contribution in [3.8, 4) is 0 Å². The van der Waals surface area contributed by atoms with Crippen molar-refractivity contribution in [2.45, 2.75) is 25.8 Å². The third kappa shape index (κ3) is 3.89. The van der Waals surface area contributed by atoms with E-state index >= 15 is 0 Å². The lowest BCUT2D eigenvalue weighted by Crippen LogP contribution is -2.17. The van der Waals surface area contributed by atoms with Crippen LogP contribution in [0.5, 0.6) is 0 Å². The van der Waals surface area contributed by atoms with Crippen LogP contribution >= 0.6 is 0 Å². The van der Waals surface area contributed by atoms with Crippen LogP contribution in [0.3, 0.4) is 0 Å². The third-order valence-corrected chi connectivity index (χ3v) is 2.71. The molecule has 0 spiro atoms. The summed E-state index contributed by atoms with van der Waals surface area (Å²) >= 11 is 0. The van der Waals surface area contributed by atoms with Gasteiger partial charge in [0.05, 0.1) is 16.7 Å². The number of rotatable bonds is 7. The molecule has 3 N–H and O–H groups in total. The molecule has 0 saturated carbocycles. The van der Waals surface area contributed by atoms with Crippen LogP contribution in [-0.4, -0.2) is 33.8 Å². The topological polar surface area (TPSA) is 113 Å². The number of aromatic carboxylic acids is 1. The fourth-order valence-electron chi connectivity index (χ4n) is 1.73. The lowest BCUT2D eigenvalue weighted by atomic mass is 10.1. The first kappa shape index (κ1) is 15.8. The second kappa shape index (κ2) is 6.80. The van der Waals surface area contributed by atoms with Gasteiger partial charge in [-0.1, -0.05) is 0 Å². The van der Waals surface area contributed by atoms with Gasteiger partial charge in [0, 0.05) is 12.6 Å². The molecule has 1 aromatic rings. The highest BCUT2D eigenvalue weighted by atomic mass is 19.1. The number of carbonyl (C=O) groups is 1. The Morgan fingerprint density at radius 2 is 2.20 bits per heavy atom. The summed E-state index contributed by atoms with van der Waals surface area (Å²) in [6.07, 6.45) is 1.06. The number of aliphatic hydroxyl groups excluding tert-OH is 1. The first-order valence-electron chi connectivity index (χ1n) is 5.95. The zero-order valence-corrected chi connectivity index (χ0v) is 10.8. The molecule has 7 nitrogen and oxygen atoms in total. The van der Waals surface area contributed by atoms with Gasteiger partial charge in [0.25, 0.3) is 5.69 Å². The molecule has 110 valence electrons. The van der Waals surface area contributed by atoms with Gasteiger partial charge in [0.2, 0.25) is 0 Å². The maximum atomic E-state index is 13.7. The molecule has 1 aromatic carbocycles. The minimum Gasteiger partial charge on any atom is -0.477 e. The van der Waals surface area contributed by atoms with Crippen molar-refractivity contribution in [2.24, 2.45) is 0 Å². The van der Waals surface area contributed by atoms with Crippen molar-refractivity contribution < 1.29 is 24.3 Å². The number of carboxylic acids is 1. The van der Waals surface area contributed by atoms with Crippen LogP contribution in [0.25, 0.3) is 0 Å². The number of aliphatic hydroxyl groups is 1. The van der Waals surface area contributed by atoms with Crippen molar-refractivity contribution in [1.29, 1.82) is 0 Å². The van der Waals surface area contributed by atoms with E-state index in [1.165, 1.54) is 0 Å². The van der Waals surface area contributed by atoms with E-state index in [1.54, 1.807) is 6.92 Å². The quantitative estimate of drug-likeness (QED) is 0.522. The Bertz CT molecular complexity index is 521. The number of anilines is 1. The van der Waals surface area contributed by atoms with E-state index in [0.29, 0.717) is 18.9 Å². The summed E-state index contributed by atoms with van der Waals surface area (Å²) in [5, 5.41) is 31.0. The Hall–Kier alpha value is -2.22. The van der Waals surface area contributed by atoms with Gasteiger partial charge in [-0.25, -0.2) is 9.18 Å². The minimum atomic E-state index is -1.50. The van der Waals surface area contributed by atoms with Gasteiger partial charge in [-0.3, -0.25) is 10.1 Å². The van der Waals surface area contributed by atoms with Crippen LogP contribution in [0.2, 0.25) is 0 Å². The van der Waals surface area contributed by atoms with Crippen LogP contribution < -0.4 is 5.32 Å². The maximum Gasteiger partial charge on any atom is 0.342 e. The predicted molar refractivity (Wildman–Crippen MR) is 69.4 cm³/mol. The van der Waals surface area contributed by atoms with Gasteiger partial charge < -0.3 is 15.5 Å². The molecule has 0 radical (unpaired) electrons. The average molecular weight is 286 g/mol. The van der Waals surface area contributed by atoms with E-state index in [-0.39, 0.29) is 18.3 Å². The number of nitro groups is 1. The van der Waals surface area contributed by atoms with E-state index in [9.17, 15) is 19.3 Å². The lowest BCUT2D eigenvalue weighted by Gasteiger charge is -2.15. The molecule has 0 aliphatic heterocycles. The van der Waals surface area contributed by atoms with Gasteiger partial charge in [-0.2, -0.15) is 0 Å². The molecule has 0 bridgehead atoms. The number of halogens is 1. The number of nitrogens with one attached hydrogen (secondary N) is 1. The zero-order valence-electron chi connectivity index (χ0n) is 10.8. The Balaban J connectivity index is 3.06. The van der Waals surface area contributed by atoms with E-state index in [0.717, 1.165) is 6.07 Å². The molecule has 20 heavy (non-hydrogen) atoms. The summed E-state index contributed by atoms with van der Waals surface area (Å²) in [4.78, 5) is 20.7. The highest BCUT2D eigenvalue weighted by molar-refractivity contribution is 5.93. The number of benzene rings is 1. The van der Waals surface area contributed by atoms with Crippen molar-refractivity contribution >= 4 is 17.3 Å². The molecule has 0 amide bonds. The van der Waals surface area contributed by atoms with E-state index in [4.69, 9.17) is 10.2 Å². The minimum absolute atomic E-state index is 0.00482. The highest BCUT2D eigenvalue weighted by Gasteiger charge is 2.23. The molecular formula is C12H15FN2O5. The van der Waals surface area contributed by atoms with Crippen LogP contribution in [0.1, 0.15) is 30.1 Å². The van der Waals surface area contributed by atoms with Gasteiger partial charge in [-0.05, 0) is 25.8 Å². The first-order chi connectivity index (χ1) is 9.36. The smallest absolute Gasteiger partial charge is 0.342 e. The van der Waals surface area contributed by atoms with Crippen molar-refractivity contribution in [3.05, 3.63) is 33.6 Å². The third-order valence-electron chi connectivity index (χ3n) is 2.71. The van der Waals surface area contributed by atoms with Crippen LogP contribution in [0.15, 0.2) is 12.1 Å². The van der Waals surface area contributed by atoms with Crippen molar-refractivity contribution in [2.75, 3.05) is 11.9 Å². The summed E-state index contributed by atoms with van der Waals surface area (Å²) in [6, 6.07) is 1.29. The number of carboxylic acid groups (broad SMARTS) is 1. The second-order valence-corrected chi connectivity index (χ2v) is 4.32. The molecule has 0 heterocycles. The Labute approximate surface area is 114 Å². The van der Waals surface area contributed by atoms with Gasteiger partial charge in [0.15, 0.2) is 5.82 Å². The Morgan fingerprint density at radius 1 is 1.55 bits per heavy atom. The highest BCUT2D eigenvalue weighted by Crippen LogP contribution is 2.27. The first-order valence-corrected chi connectivity index (χ1v) is 5.95. The summed E-state index contributed by atoms with van der Waals surface area (Å²) in [5.41, 5.74) is -1.48. The van der Waals surface area contributed by atoms with Crippen LogP contribution in [-0.2, 0) is 0 Å². The SMILES string of the molecule is CC(CCCO)Nc1cc(C(=O)O)c([N+](=O)[O-])cc1F. The van der Waals surface area contributed by atoms with E-state index in [1.807, 2.05) is 0 Å². The monoisotopic (exact) mass is 286 g/mol. The molecule has 1 unspecified atom stereocenters. The molecule has 0 aliphatic rings. The van der Waals surface area contributed by atoms with Crippen molar-refractivity contribution in [1.82, 2.24) is 0 Å². The molecule has 8 heteroatoms. The molecule has 1 rings (SSSR count). The van der Waals surface area contributed by atoms with Gasteiger partial charge >= 0.3 is 5.97 Å². The van der Waals surface area contributed by atoms with Gasteiger partial charge in [-0.15, -0.1) is 0 Å². The molecule has 0 saturated heterocycles. The van der Waals surface area contributed by atoms with Crippen molar-refractivity contribution in [3.63, 3.8) is 0 Å². The molecule has 1 atom stereocenters. The summed E-state index contributed by atoms with van der Waals surface area (Å²) in [5.74, 6) is -2.39. The largest absolute Gasteiger partial charge is 0.477 e. The number of hydrogen-bond donors (Lipinski definition) is 3. The molecular weight excluding hydrogens is 271 g/mol. The lowest BCUT2D eigenvalue weighted by molar-refractivity contribution is -0.385. The summed E-state index contributed by atoms with van der Waals surface area (Å²) in [6.45, 7) is 1.73. The molecule has 0 aromatic heterocycles. The maximum absolute atomic E-state index is 13.7. The van der Waals surface area contributed by atoms with E-state index in [2.05, 4.69) is 5.32 Å². The van der Waals surface area contributed by atoms with Gasteiger partial charge in [0.1, 0.15) is 5.56 Å². The summed E-state index contributed by atoms with van der Waals surface area (Å²) in [7, 11) is 0. The molecule has 0 aliphatic carbocycles. The fourth-order valence-corrected chi connectivity index (χ4v) is 1.73. The normalized spacial score (nSPS) is 11.9. The van der Waals surface area contributed by atoms with Crippen LogP contribution in [0.4, 0.5) is 15.8 Å². The predicted octanol–water partition coefficient (Wildman–Crippen LogP) is 2.00. The number of nitro benzene ring substituents is 1. The average Bonchev–Trinajstić information content (AvgIpc) is 2.37. The standard InChI is InChI=1S/C12H15FN2O5/c1-7(3-2-4-16)14-10-5-8(12(17)18)11(15(19)20)6-9(10)13/h5-7,14,16H,2-4H2,1H3,(H,17,18). The Kier molecular flexibility index (Phi) is 5.39. The fraction of sp³-hybridized carbons (Fsp3) is 0.417. The summed E-state index contributed by atoms with van der Waals surface area (Å²) < 4.78 is 13.7. The Morgan fingerprint density at radius 3 is 2.70 bits per heavy atom.